The number of aromatic nitrogens is 3. The fourth-order valence-corrected chi connectivity index (χ4v) is 3.56. The molecular formula is C26H27N5O3. The van der Waals surface area contributed by atoms with Gasteiger partial charge in [0.15, 0.2) is 5.82 Å². The molecule has 34 heavy (non-hydrogen) atoms. The number of nitrogens with one attached hydrogen (secondary N) is 1. The van der Waals surface area contributed by atoms with Gasteiger partial charge in [-0.05, 0) is 26.3 Å². The van der Waals surface area contributed by atoms with Gasteiger partial charge in [0.25, 0.3) is 5.91 Å². The van der Waals surface area contributed by atoms with Crippen LogP contribution in [-0.2, 0) is 11.3 Å². The summed E-state index contributed by atoms with van der Waals surface area (Å²) in [4.78, 5) is 27.2. The van der Waals surface area contributed by atoms with Gasteiger partial charge in [0.05, 0.1) is 18.7 Å². The van der Waals surface area contributed by atoms with Gasteiger partial charge in [0, 0.05) is 24.9 Å². The van der Waals surface area contributed by atoms with Crippen molar-refractivity contribution < 1.29 is 14.1 Å². The predicted molar refractivity (Wildman–Crippen MR) is 130 cm³/mol. The Hall–Kier alpha value is -4.20. The number of carbonyl (C=O) groups excluding carboxylic acids is 2. The maximum Gasteiger partial charge on any atom is 0.257 e. The molecule has 0 unspecified atom stereocenters. The highest BCUT2D eigenvalue weighted by Gasteiger charge is 2.23. The maximum atomic E-state index is 13.4. The van der Waals surface area contributed by atoms with Crippen molar-refractivity contribution in [1.29, 1.82) is 0 Å². The van der Waals surface area contributed by atoms with Crippen LogP contribution < -0.4 is 5.32 Å². The van der Waals surface area contributed by atoms with Crippen LogP contribution in [0.5, 0.6) is 0 Å². The summed E-state index contributed by atoms with van der Waals surface area (Å²) in [6, 6.07) is 17.7. The van der Waals surface area contributed by atoms with Gasteiger partial charge < -0.3 is 14.7 Å². The molecule has 2 aromatic heterocycles. The molecule has 8 heteroatoms. The van der Waals surface area contributed by atoms with Crippen molar-refractivity contribution in [3.63, 3.8) is 0 Å². The summed E-state index contributed by atoms with van der Waals surface area (Å²) >= 11 is 0. The minimum absolute atomic E-state index is 0.138. The molecule has 2 heterocycles. The number of aryl methyl sites for hydroxylation is 3. The van der Waals surface area contributed by atoms with Crippen LogP contribution in [0.4, 0.5) is 5.82 Å². The normalized spacial score (nSPS) is 10.8. The lowest BCUT2D eigenvalue weighted by molar-refractivity contribution is -0.116. The standard InChI is InChI=1S/C26H27N5O3/c1-17-5-9-20(10-6-17)14-31-15-22(25(28-31)21-11-7-18(2)8-12-21)26(33)30(4)16-24(32)27-23-13-19(3)34-29-23/h5-13,15H,14,16H2,1-4H3,(H,27,29,32). The first-order valence-electron chi connectivity index (χ1n) is 11.0. The van der Waals surface area contributed by atoms with E-state index in [2.05, 4.69) is 22.6 Å². The second-order valence-corrected chi connectivity index (χ2v) is 8.47. The first-order valence-corrected chi connectivity index (χ1v) is 11.0. The summed E-state index contributed by atoms with van der Waals surface area (Å²) in [5.41, 5.74) is 5.24. The Morgan fingerprint density at radius 2 is 1.65 bits per heavy atom. The molecule has 174 valence electrons. The highest BCUT2D eigenvalue weighted by molar-refractivity contribution is 6.02. The molecule has 4 aromatic rings. The Morgan fingerprint density at radius 3 is 2.26 bits per heavy atom. The topological polar surface area (TPSA) is 93.3 Å². The van der Waals surface area contributed by atoms with Gasteiger partial charge in [-0.1, -0.05) is 64.8 Å². The summed E-state index contributed by atoms with van der Waals surface area (Å²) < 4.78 is 6.73. The van der Waals surface area contributed by atoms with Crippen LogP contribution in [0.15, 0.2) is 65.3 Å². The Labute approximate surface area is 198 Å². The largest absolute Gasteiger partial charge is 0.360 e. The van der Waals surface area contributed by atoms with Gasteiger partial charge in [0.1, 0.15) is 11.5 Å². The number of benzene rings is 2. The molecule has 0 bridgehead atoms. The van der Waals surface area contributed by atoms with E-state index in [4.69, 9.17) is 9.62 Å². The van der Waals surface area contributed by atoms with E-state index in [1.165, 1.54) is 10.5 Å². The molecule has 0 atom stereocenters. The molecule has 8 nitrogen and oxygen atoms in total. The van der Waals surface area contributed by atoms with Crippen molar-refractivity contribution in [2.75, 3.05) is 18.9 Å². The average molecular weight is 458 g/mol. The molecule has 2 aromatic carbocycles. The fourth-order valence-electron chi connectivity index (χ4n) is 3.56. The summed E-state index contributed by atoms with van der Waals surface area (Å²) in [6.07, 6.45) is 1.74. The third kappa shape index (κ3) is 5.40. The van der Waals surface area contributed by atoms with Crippen LogP contribution in [0.2, 0.25) is 0 Å². The minimum atomic E-state index is -0.368. The van der Waals surface area contributed by atoms with E-state index in [0.717, 1.165) is 16.7 Å². The first kappa shape index (κ1) is 23.0. The number of likely N-dealkylation sites (N-methyl/N-ethyl adjacent to an activating group) is 1. The van der Waals surface area contributed by atoms with E-state index in [9.17, 15) is 9.59 Å². The smallest absolute Gasteiger partial charge is 0.257 e. The van der Waals surface area contributed by atoms with Crippen LogP contribution in [-0.4, -0.2) is 45.2 Å². The maximum absolute atomic E-state index is 13.4. The molecule has 0 radical (unpaired) electrons. The van der Waals surface area contributed by atoms with Crippen molar-refractivity contribution in [1.82, 2.24) is 19.8 Å². The van der Waals surface area contributed by atoms with Crippen molar-refractivity contribution in [2.24, 2.45) is 0 Å². The van der Waals surface area contributed by atoms with E-state index >= 15 is 0 Å². The van der Waals surface area contributed by atoms with Crippen LogP contribution >= 0.6 is 0 Å². The van der Waals surface area contributed by atoms with Gasteiger partial charge in [-0.15, -0.1) is 0 Å². The van der Waals surface area contributed by atoms with Gasteiger partial charge in [-0.3, -0.25) is 14.3 Å². The zero-order valence-corrected chi connectivity index (χ0v) is 19.7. The summed E-state index contributed by atoms with van der Waals surface area (Å²) in [6.45, 7) is 6.18. The zero-order chi connectivity index (χ0) is 24.2. The number of hydrogen-bond donors (Lipinski definition) is 1. The average Bonchev–Trinajstić information content (AvgIpc) is 3.41. The molecule has 2 amide bonds. The fraction of sp³-hybridized carbons (Fsp3) is 0.231. The Kier molecular flexibility index (Phi) is 6.58. The van der Waals surface area contributed by atoms with Crippen LogP contribution in [0.25, 0.3) is 11.3 Å². The van der Waals surface area contributed by atoms with E-state index in [1.54, 1.807) is 30.9 Å². The Bertz CT molecular complexity index is 1300. The van der Waals surface area contributed by atoms with Gasteiger partial charge >= 0.3 is 0 Å². The van der Waals surface area contributed by atoms with Crippen molar-refractivity contribution in [3.8, 4) is 11.3 Å². The summed E-state index contributed by atoms with van der Waals surface area (Å²) in [7, 11) is 1.59. The van der Waals surface area contributed by atoms with Crippen molar-refractivity contribution in [2.45, 2.75) is 27.3 Å². The second-order valence-electron chi connectivity index (χ2n) is 8.47. The summed E-state index contributed by atoms with van der Waals surface area (Å²) in [5, 5.41) is 11.1. The highest BCUT2D eigenvalue weighted by Crippen LogP contribution is 2.24. The summed E-state index contributed by atoms with van der Waals surface area (Å²) in [5.74, 6) is 0.239. The Balaban J connectivity index is 1.58. The quantitative estimate of drug-likeness (QED) is 0.448. The highest BCUT2D eigenvalue weighted by atomic mass is 16.5. The molecule has 1 N–H and O–H groups in total. The van der Waals surface area contributed by atoms with E-state index in [1.807, 2.05) is 50.2 Å². The minimum Gasteiger partial charge on any atom is -0.360 e. The SMILES string of the molecule is Cc1ccc(Cn2cc(C(=O)N(C)CC(=O)Nc3cc(C)on3)c(-c3ccc(C)cc3)n2)cc1. The number of anilines is 1. The lowest BCUT2D eigenvalue weighted by atomic mass is 10.1. The number of amides is 2. The monoisotopic (exact) mass is 457 g/mol. The van der Waals surface area contributed by atoms with E-state index in [0.29, 0.717) is 29.4 Å². The van der Waals surface area contributed by atoms with Gasteiger partial charge in [0.2, 0.25) is 5.91 Å². The predicted octanol–water partition coefficient (Wildman–Crippen LogP) is 4.22. The van der Waals surface area contributed by atoms with Gasteiger partial charge in [-0.2, -0.15) is 5.10 Å². The molecule has 0 saturated carbocycles. The molecular weight excluding hydrogens is 430 g/mol. The van der Waals surface area contributed by atoms with Crippen LogP contribution in [0.3, 0.4) is 0 Å². The molecule has 0 aliphatic carbocycles. The molecule has 4 rings (SSSR count). The van der Waals surface area contributed by atoms with E-state index < -0.39 is 0 Å². The molecule has 0 aliphatic heterocycles. The molecule has 0 spiro atoms. The molecule has 0 aliphatic rings. The third-order valence-electron chi connectivity index (χ3n) is 5.41. The zero-order valence-electron chi connectivity index (χ0n) is 19.7. The number of hydrogen-bond acceptors (Lipinski definition) is 5. The van der Waals surface area contributed by atoms with Crippen LogP contribution in [0.1, 0.15) is 32.8 Å². The number of carbonyl (C=O) groups is 2. The molecule has 0 saturated heterocycles. The lowest BCUT2D eigenvalue weighted by Crippen LogP contribution is -2.35. The van der Waals surface area contributed by atoms with Crippen molar-refractivity contribution >= 4 is 17.6 Å². The Morgan fingerprint density at radius 1 is 1.00 bits per heavy atom. The van der Waals surface area contributed by atoms with Crippen molar-refractivity contribution in [3.05, 3.63) is 88.8 Å². The lowest BCUT2D eigenvalue weighted by Gasteiger charge is -2.16. The first-order chi connectivity index (χ1) is 16.3. The second kappa shape index (κ2) is 9.74. The number of rotatable bonds is 7. The number of nitrogens with zero attached hydrogens (tertiary/aromatic N) is 4. The molecule has 0 fully saturated rings. The van der Waals surface area contributed by atoms with E-state index in [-0.39, 0.29) is 18.4 Å². The van der Waals surface area contributed by atoms with Crippen LogP contribution in [0, 0.1) is 20.8 Å². The van der Waals surface area contributed by atoms with Gasteiger partial charge in [-0.25, -0.2) is 0 Å². The third-order valence-corrected chi connectivity index (χ3v) is 5.41.